The van der Waals surface area contributed by atoms with Gasteiger partial charge in [0.1, 0.15) is 18.2 Å². The summed E-state index contributed by atoms with van der Waals surface area (Å²) >= 11 is 0. The minimum atomic E-state index is -0.663. The molecule has 154 valence electrons. The lowest BCUT2D eigenvalue weighted by atomic mass is 10.2. The number of carbonyl (C=O) groups excluding carboxylic acids is 1. The second-order valence-corrected chi connectivity index (χ2v) is 6.60. The minimum Gasteiger partial charge on any atom is -0.489 e. The predicted octanol–water partition coefficient (Wildman–Crippen LogP) is 4.66. The molecule has 0 N–H and O–H groups in total. The molecule has 0 unspecified atom stereocenters. The highest BCUT2D eigenvalue weighted by atomic mass is 19.1. The van der Waals surface area contributed by atoms with E-state index in [1.807, 2.05) is 0 Å². The zero-order valence-corrected chi connectivity index (χ0v) is 16.0. The van der Waals surface area contributed by atoms with E-state index in [1.165, 1.54) is 36.4 Å². The Kier molecular flexibility index (Phi) is 5.53. The monoisotopic (exact) mass is 418 g/mol. The first kappa shape index (κ1) is 20.0. The smallest absolute Gasteiger partial charge is 0.363 e. The van der Waals surface area contributed by atoms with Crippen molar-refractivity contribution in [1.82, 2.24) is 0 Å². The number of rotatable bonds is 6. The van der Waals surface area contributed by atoms with E-state index >= 15 is 0 Å². The van der Waals surface area contributed by atoms with E-state index in [0.717, 1.165) is 0 Å². The van der Waals surface area contributed by atoms with Crippen LogP contribution in [0.25, 0.3) is 6.08 Å². The Morgan fingerprint density at radius 2 is 1.84 bits per heavy atom. The molecule has 8 heteroatoms. The van der Waals surface area contributed by atoms with Crippen LogP contribution in [0.5, 0.6) is 5.75 Å². The Labute approximate surface area is 176 Å². The SMILES string of the molecule is O=C1OC(c2ccccc2F)=NC1=Cc1ccc(OCc2cccc([N+](=O)[O-])c2)cc1. The van der Waals surface area contributed by atoms with Crippen molar-refractivity contribution in [2.45, 2.75) is 6.61 Å². The third-order valence-corrected chi connectivity index (χ3v) is 4.44. The van der Waals surface area contributed by atoms with E-state index < -0.39 is 16.7 Å². The molecule has 0 spiro atoms. The van der Waals surface area contributed by atoms with Crippen molar-refractivity contribution >= 4 is 23.6 Å². The molecule has 3 aromatic rings. The number of cyclic esters (lactones) is 1. The van der Waals surface area contributed by atoms with Crippen LogP contribution in [0.4, 0.5) is 10.1 Å². The zero-order chi connectivity index (χ0) is 21.8. The number of esters is 1. The maximum absolute atomic E-state index is 13.9. The quantitative estimate of drug-likeness (QED) is 0.251. The topological polar surface area (TPSA) is 91.0 Å². The lowest BCUT2D eigenvalue weighted by Gasteiger charge is -2.06. The number of hydrogen-bond acceptors (Lipinski definition) is 6. The first-order valence-corrected chi connectivity index (χ1v) is 9.23. The van der Waals surface area contributed by atoms with E-state index in [2.05, 4.69) is 4.99 Å². The van der Waals surface area contributed by atoms with Gasteiger partial charge in [0.2, 0.25) is 5.90 Å². The summed E-state index contributed by atoms with van der Waals surface area (Å²) in [6.07, 6.45) is 1.53. The molecule has 0 saturated carbocycles. The minimum absolute atomic E-state index is 0.00169. The standard InChI is InChI=1S/C23H15FN2O5/c24-20-7-2-1-6-19(20)22-25-21(23(27)31-22)13-15-8-10-18(11-9-15)30-14-16-4-3-5-17(12-16)26(28)29/h1-13H,14H2. The average Bonchev–Trinajstić information content (AvgIpc) is 3.13. The maximum atomic E-state index is 13.9. The molecule has 4 rings (SSSR count). The van der Waals surface area contributed by atoms with Crippen molar-refractivity contribution in [3.63, 3.8) is 0 Å². The molecule has 0 aliphatic carbocycles. The Hall–Kier alpha value is -4.33. The molecule has 7 nitrogen and oxygen atoms in total. The van der Waals surface area contributed by atoms with Crippen molar-refractivity contribution in [2.75, 3.05) is 0 Å². The van der Waals surface area contributed by atoms with Crippen LogP contribution in [0.2, 0.25) is 0 Å². The highest BCUT2D eigenvalue weighted by Crippen LogP contribution is 2.22. The second kappa shape index (κ2) is 8.58. The fourth-order valence-corrected chi connectivity index (χ4v) is 2.90. The summed E-state index contributed by atoms with van der Waals surface area (Å²) in [6, 6.07) is 19.0. The number of aliphatic imine (C=N–C) groups is 1. The number of carbonyl (C=O) groups is 1. The van der Waals surface area contributed by atoms with Crippen LogP contribution < -0.4 is 4.74 Å². The van der Waals surface area contributed by atoms with Gasteiger partial charge < -0.3 is 9.47 Å². The molecule has 0 saturated heterocycles. The lowest BCUT2D eigenvalue weighted by Crippen LogP contribution is -2.07. The molecule has 0 amide bonds. The van der Waals surface area contributed by atoms with Crippen LogP contribution >= 0.6 is 0 Å². The number of nitro benzene ring substituents is 1. The molecule has 31 heavy (non-hydrogen) atoms. The second-order valence-electron chi connectivity index (χ2n) is 6.60. The van der Waals surface area contributed by atoms with E-state index in [9.17, 15) is 19.3 Å². The Bertz CT molecular complexity index is 1220. The van der Waals surface area contributed by atoms with Crippen molar-refractivity contribution < 1.29 is 23.6 Å². The lowest BCUT2D eigenvalue weighted by molar-refractivity contribution is -0.384. The third kappa shape index (κ3) is 4.64. The fraction of sp³-hybridized carbons (Fsp3) is 0.0435. The van der Waals surface area contributed by atoms with Crippen LogP contribution in [0.15, 0.2) is 83.5 Å². The molecule has 0 fully saturated rings. The van der Waals surface area contributed by atoms with Gasteiger partial charge in [-0.05, 0) is 41.5 Å². The Morgan fingerprint density at radius 3 is 2.58 bits per heavy atom. The summed E-state index contributed by atoms with van der Waals surface area (Å²) < 4.78 is 24.6. The van der Waals surface area contributed by atoms with Crippen LogP contribution in [-0.4, -0.2) is 16.8 Å². The van der Waals surface area contributed by atoms with Gasteiger partial charge >= 0.3 is 5.97 Å². The molecule has 3 aromatic carbocycles. The third-order valence-electron chi connectivity index (χ3n) is 4.44. The van der Waals surface area contributed by atoms with Crippen molar-refractivity contribution in [3.8, 4) is 5.75 Å². The number of nitrogens with zero attached hydrogens (tertiary/aromatic N) is 2. The Morgan fingerprint density at radius 1 is 1.06 bits per heavy atom. The van der Waals surface area contributed by atoms with Gasteiger partial charge in [0.15, 0.2) is 5.70 Å². The average molecular weight is 418 g/mol. The van der Waals surface area contributed by atoms with Crippen LogP contribution in [0, 0.1) is 15.9 Å². The number of nitro groups is 1. The number of ether oxygens (including phenoxy) is 2. The maximum Gasteiger partial charge on any atom is 0.363 e. The summed E-state index contributed by atoms with van der Waals surface area (Å²) in [6.45, 7) is 0.171. The van der Waals surface area contributed by atoms with Gasteiger partial charge in [0.05, 0.1) is 10.5 Å². The molecule has 0 radical (unpaired) electrons. The summed E-state index contributed by atoms with van der Waals surface area (Å²) in [5.74, 6) is -0.714. The fourth-order valence-electron chi connectivity index (χ4n) is 2.90. The van der Waals surface area contributed by atoms with Crippen LogP contribution in [0.3, 0.4) is 0 Å². The summed E-state index contributed by atoms with van der Waals surface area (Å²) in [7, 11) is 0. The summed E-state index contributed by atoms with van der Waals surface area (Å²) in [4.78, 5) is 26.6. The van der Waals surface area contributed by atoms with Gasteiger partial charge in [-0.2, -0.15) is 0 Å². The summed E-state index contributed by atoms with van der Waals surface area (Å²) in [5, 5.41) is 10.8. The molecule has 1 aliphatic rings. The van der Waals surface area contributed by atoms with Crippen LogP contribution in [-0.2, 0) is 16.1 Å². The van der Waals surface area contributed by atoms with Gasteiger partial charge in [0, 0.05) is 12.1 Å². The van der Waals surface area contributed by atoms with E-state index in [-0.39, 0.29) is 29.5 Å². The van der Waals surface area contributed by atoms with E-state index in [1.54, 1.807) is 42.5 Å². The molecule has 1 heterocycles. The first-order valence-electron chi connectivity index (χ1n) is 9.23. The zero-order valence-electron chi connectivity index (χ0n) is 16.0. The van der Waals surface area contributed by atoms with Gasteiger partial charge in [-0.3, -0.25) is 10.1 Å². The Balaban J connectivity index is 1.45. The van der Waals surface area contributed by atoms with Crippen molar-refractivity contribution in [2.24, 2.45) is 4.99 Å². The highest BCUT2D eigenvalue weighted by molar-refractivity contribution is 6.12. The molecule has 0 aromatic heterocycles. The van der Waals surface area contributed by atoms with Crippen LogP contribution in [0.1, 0.15) is 16.7 Å². The molecular formula is C23H15FN2O5. The normalized spacial score (nSPS) is 14.3. The molecular weight excluding hydrogens is 403 g/mol. The van der Waals surface area contributed by atoms with Crippen molar-refractivity contribution in [1.29, 1.82) is 0 Å². The van der Waals surface area contributed by atoms with Gasteiger partial charge in [0.25, 0.3) is 5.69 Å². The number of hydrogen-bond donors (Lipinski definition) is 0. The van der Waals surface area contributed by atoms with Gasteiger partial charge in [-0.15, -0.1) is 0 Å². The number of non-ortho nitro benzene ring substituents is 1. The molecule has 0 bridgehead atoms. The first-order chi connectivity index (χ1) is 15.0. The van der Waals surface area contributed by atoms with Gasteiger partial charge in [-0.1, -0.05) is 36.4 Å². The number of benzene rings is 3. The van der Waals surface area contributed by atoms with E-state index in [4.69, 9.17) is 9.47 Å². The summed E-state index contributed by atoms with van der Waals surface area (Å²) in [5.41, 5.74) is 1.52. The van der Waals surface area contributed by atoms with Gasteiger partial charge in [-0.25, -0.2) is 14.2 Å². The molecule has 0 atom stereocenters. The number of halogens is 1. The molecule has 1 aliphatic heterocycles. The predicted molar refractivity (Wildman–Crippen MR) is 111 cm³/mol. The van der Waals surface area contributed by atoms with Crippen molar-refractivity contribution in [3.05, 3.63) is 111 Å². The van der Waals surface area contributed by atoms with E-state index in [0.29, 0.717) is 16.9 Å². The highest BCUT2D eigenvalue weighted by Gasteiger charge is 2.25. The largest absolute Gasteiger partial charge is 0.489 e.